The van der Waals surface area contributed by atoms with Crippen molar-refractivity contribution in [3.63, 3.8) is 0 Å². The van der Waals surface area contributed by atoms with Crippen molar-refractivity contribution >= 4 is 17.5 Å². The number of nitrogen functional groups attached to an aromatic ring is 1. The van der Waals surface area contributed by atoms with Gasteiger partial charge in [-0.1, -0.05) is 19.4 Å². The number of rotatable bonds is 11. The predicted octanol–water partition coefficient (Wildman–Crippen LogP) is 4.77. The highest BCUT2D eigenvalue weighted by molar-refractivity contribution is 6.13. The van der Waals surface area contributed by atoms with Crippen molar-refractivity contribution in [1.29, 1.82) is 0 Å². The van der Waals surface area contributed by atoms with Gasteiger partial charge in [-0.05, 0) is 43.2 Å². The molecule has 2 N–H and O–H groups in total. The molecule has 0 radical (unpaired) electrons. The molecule has 0 atom stereocenters. The first kappa shape index (κ1) is 23.9. The molecule has 2 aromatic carbocycles. The Morgan fingerprint density at radius 3 is 2.13 bits per heavy atom. The number of ether oxygens (including phenoxy) is 5. The van der Waals surface area contributed by atoms with Gasteiger partial charge in [-0.3, -0.25) is 4.79 Å². The Morgan fingerprint density at radius 2 is 1.58 bits per heavy atom. The number of allylic oxidation sites excluding steroid dienone is 1. The zero-order valence-corrected chi connectivity index (χ0v) is 19.0. The Morgan fingerprint density at radius 1 is 0.903 bits per heavy atom. The highest BCUT2D eigenvalue weighted by atomic mass is 16.5. The van der Waals surface area contributed by atoms with Gasteiger partial charge in [0.1, 0.15) is 5.75 Å². The standard InChI is InChI=1S/C24H31NO6/c1-7-9-16(12-15-10-11-18(25)19(13-15)31-8-2)21(26)17-14-20(27-3)23(29-5)24(30-6)22(17)28-4/h10-14H,7-9,25H2,1-6H3. The minimum Gasteiger partial charge on any atom is -0.493 e. The van der Waals surface area contributed by atoms with Crippen LogP contribution < -0.4 is 29.4 Å². The molecular formula is C24H31NO6. The maximum atomic E-state index is 13.6. The van der Waals surface area contributed by atoms with Crippen molar-refractivity contribution in [2.75, 3.05) is 40.8 Å². The number of ketones is 1. The van der Waals surface area contributed by atoms with E-state index in [-0.39, 0.29) is 5.78 Å². The number of Topliss-reactive ketones (excluding diaryl/α,β-unsaturated/α-hetero) is 1. The van der Waals surface area contributed by atoms with Crippen molar-refractivity contribution in [3.8, 4) is 28.7 Å². The van der Waals surface area contributed by atoms with Crippen LogP contribution in [0.15, 0.2) is 29.8 Å². The lowest BCUT2D eigenvalue weighted by Crippen LogP contribution is -2.09. The van der Waals surface area contributed by atoms with E-state index in [2.05, 4.69) is 0 Å². The third kappa shape index (κ3) is 5.23. The average Bonchev–Trinajstić information content (AvgIpc) is 2.78. The van der Waals surface area contributed by atoms with Crippen LogP contribution in [0.3, 0.4) is 0 Å². The van der Waals surface area contributed by atoms with Gasteiger partial charge in [0.25, 0.3) is 0 Å². The number of hydrogen-bond acceptors (Lipinski definition) is 7. The second kappa shape index (κ2) is 11.2. The van der Waals surface area contributed by atoms with Crippen LogP contribution in [0.1, 0.15) is 42.6 Å². The van der Waals surface area contributed by atoms with Gasteiger partial charge in [-0.15, -0.1) is 0 Å². The van der Waals surface area contributed by atoms with E-state index < -0.39 is 0 Å². The predicted molar refractivity (Wildman–Crippen MR) is 122 cm³/mol. The quantitative estimate of drug-likeness (QED) is 0.313. The summed E-state index contributed by atoms with van der Waals surface area (Å²) in [5.41, 5.74) is 8.29. The Labute approximate surface area is 183 Å². The molecule has 0 aliphatic heterocycles. The summed E-state index contributed by atoms with van der Waals surface area (Å²) in [7, 11) is 5.98. The van der Waals surface area contributed by atoms with Crippen molar-refractivity contribution < 1.29 is 28.5 Å². The molecule has 0 unspecified atom stereocenters. The first-order valence-electron chi connectivity index (χ1n) is 10.1. The number of carbonyl (C=O) groups excluding carboxylic acids is 1. The molecule has 0 heterocycles. The van der Waals surface area contributed by atoms with Gasteiger partial charge < -0.3 is 29.4 Å². The summed E-state index contributed by atoms with van der Waals surface area (Å²) in [6, 6.07) is 7.06. The van der Waals surface area contributed by atoms with Crippen molar-refractivity contribution in [2.24, 2.45) is 0 Å². The molecule has 168 valence electrons. The van der Waals surface area contributed by atoms with Crippen molar-refractivity contribution in [2.45, 2.75) is 26.7 Å². The summed E-state index contributed by atoms with van der Waals surface area (Å²) in [5.74, 6) is 1.73. The number of benzene rings is 2. The van der Waals surface area contributed by atoms with E-state index >= 15 is 0 Å². The highest BCUT2D eigenvalue weighted by Gasteiger charge is 2.26. The van der Waals surface area contributed by atoms with Crippen LogP contribution in [0.2, 0.25) is 0 Å². The summed E-state index contributed by atoms with van der Waals surface area (Å²) in [6.45, 7) is 4.41. The lowest BCUT2D eigenvalue weighted by atomic mass is 9.95. The monoisotopic (exact) mass is 429 g/mol. The average molecular weight is 430 g/mol. The van der Waals surface area contributed by atoms with Crippen molar-refractivity contribution in [1.82, 2.24) is 0 Å². The van der Waals surface area contributed by atoms with Gasteiger partial charge in [0.15, 0.2) is 17.3 Å². The summed E-state index contributed by atoms with van der Waals surface area (Å²) >= 11 is 0. The van der Waals surface area contributed by atoms with Crippen LogP contribution in [-0.2, 0) is 0 Å². The van der Waals surface area contributed by atoms with Gasteiger partial charge in [-0.2, -0.15) is 0 Å². The van der Waals surface area contributed by atoms with Crippen LogP contribution in [0.25, 0.3) is 6.08 Å². The maximum Gasteiger partial charge on any atom is 0.208 e. The zero-order valence-electron chi connectivity index (χ0n) is 19.0. The minimum atomic E-state index is -0.187. The Kier molecular flexibility index (Phi) is 8.61. The molecule has 0 fully saturated rings. The van der Waals surface area contributed by atoms with Crippen LogP contribution in [0.4, 0.5) is 5.69 Å². The number of nitrogens with two attached hydrogens (primary N) is 1. The molecule has 31 heavy (non-hydrogen) atoms. The largest absolute Gasteiger partial charge is 0.493 e. The summed E-state index contributed by atoms with van der Waals surface area (Å²) in [5, 5.41) is 0. The molecule has 0 aromatic heterocycles. The molecule has 0 aliphatic rings. The van der Waals surface area contributed by atoms with E-state index in [0.717, 1.165) is 12.0 Å². The molecule has 7 heteroatoms. The summed E-state index contributed by atoms with van der Waals surface area (Å²) in [6.07, 6.45) is 3.21. The van der Waals surface area contributed by atoms with Crippen LogP contribution in [-0.4, -0.2) is 40.8 Å². The molecule has 0 amide bonds. The fourth-order valence-corrected chi connectivity index (χ4v) is 3.32. The number of hydrogen-bond donors (Lipinski definition) is 1. The second-order valence-electron chi connectivity index (χ2n) is 6.71. The van der Waals surface area contributed by atoms with Gasteiger partial charge in [0.05, 0.1) is 46.3 Å². The molecule has 0 saturated heterocycles. The molecule has 0 aliphatic carbocycles. The molecule has 0 spiro atoms. The van der Waals surface area contributed by atoms with E-state index in [9.17, 15) is 4.79 Å². The Hall–Kier alpha value is -3.35. The third-order valence-electron chi connectivity index (χ3n) is 4.72. The van der Waals surface area contributed by atoms with Crippen LogP contribution in [0.5, 0.6) is 28.7 Å². The summed E-state index contributed by atoms with van der Waals surface area (Å²) in [4.78, 5) is 13.6. The molecular weight excluding hydrogens is 398 g/mol. The maximum absolute atomic E-state index is 13.6. The SMILES string of the molecule is CCCC(=Cc1ccc(N)c(OCC)c1)C(=O)c1cc(OC)c(OC)c(OC)c1OC. The minimum absolute atomic E-state index is 0.187. The normalized spacial score (nSPS) is 11.1. The van der Waals surface area contributed by atoms with Crippen LogP contribution >= 0.6 is 0 Å². The number of methoxy groups -OCH3 is 4. The van der Waals surface area contributed by atoms with Gasteiger partial charge in [0.2, 0.25) is 11.5 Å². The first-order valence-corrected chi connectivity index (χ1v) is 10.1. The lowest BCUT2D eigenvalue weighted by Gasteiger charge is -2.18. The van der Waals surface area contributed by atoms with E-state index in [1.165, 1.54) is 28.4 Å². The zero-order chi connectivity index (χ0) is 23.0. The molecule has 2 rings (SSSR count). The summed E-state index contributed by atoms with van der Waals surface area (Å²) < 4.78 is 27.4. The fraction of sp³-hybridized carbons (Fsp3) is 0.375. The highest BCUT2D eigenvalue weighted by Crippen LogP contribution is 2.47. The Bertz CT molecular complexity index is 952. The van der Waals surface area contributed by atoms with Crippen LogP contribution in [0, 0.1) is 0 Å². The number of anilines is 1. The smallest absolute Gasteiger partial charge is 0.208 e. The molecule has 0 saturated carbocycles. The molecule has 2 aromatic rings. The van der Waals surface area contributed by atoms with Crippen molar-refractivity contribution in [3.05, 3.63) is 41.0 Å². The molecule has 7 nitrogen and oxygen atoms in total. The van der Waals surface area contributed by atoms with Gasteiger partial charge in [-0.25, -0.2) is 0 Å². The van der Waals surface area contributed by atoms with E-state index in [1.54, 1.807) is 12.1 Å². The number of carbonyl (C=O) groups is 1. The fourth-order valence-electron chi connectivity index (χ4n) is 3.32. The van der Waals surface area contributed by atoms with E-state index in [0.29, 0.717) is 58.6 Å². The van der Waals surface area contributed by atoms with Gasteiger partial charge in [0, 0.05) is 5.57 Å². The Balaban J connectivity index is 2.62. The van der Waals surface area contributed by atoms with E-state index in [4.69, 9.17) is 29.4 Å². The lowest BCUT2D eigenvalue weighted by molar-refractivity contribution is 0.102. The topological polar surface area (TPSA) is 89.2 Å². The first-order chi connectivity index (χ1) is 14.9. The third-order valence-corrected chi connectivity index (χ3v) is 4.72. The van der Waals surface area contributed by atoms with E-state index in [1.807, 2.05) is 32.1 Å². The molecule has 0 bridgehead atoms. The second-order valence-corrected chi connectivity index (χ2v) is 6.71. The van der Waals surface area contributed by atoms with Gasteiger partial charge >= 0.3 is 0 Å².